The Morgan fingerprint density at radius 1 is 0.800 bits per heavy atom. The van der Waals surface area contributed by atoms with Gasteiger partial charge in [0.25, 0.3) is 5.91 Å². The van der Waals surface area contributed by atoms with Crippen molar-refractivity contribution >= 4 is 62.0 Å². The number of anilines is 2. The molecule has 0 aliphatic rings. The van der Waals surface area contributed by atoms with Gasteiger partial charge in [-0.3, -0.25) is 14.4 Å². The van der Waals surface area contributed by atoms with Gasteiger partial charge in [0.2, 0.25) is 0 Å². The minimum atomic E-state index is -1.04. The number of hydrogen-bond acceptors (Lipinski definition) is 5. The molecule has 4 N–H and O–H groups in total. The van der Waals surface area contributed by atoms with Gasteiger partial charge in [0, 0.05) is 15.7 Å². The molecule has 0 radical (unpaired) electrons. The van der Waals surface area contributed by atoms with Crippen LogP contribution in [0.4, 0.5) is 11.4 Å². The van der Waals surface area contributed by atoms with Crippen LogP contribution in [0.3, 0.4) is 0 Å². The van der Waals surface area contributed by atoms with Crippen molar-refractivity contribution < 1.29 is 19.5 Å². The van der Waals surface area contributed by atoms with Gasteiger partial charge in [0.05, 0.1) is 17.5 Å². The number of para-hydroxylation sites is 1. The summed E-state index contributed by atoms with van der Waals surface area (Å²) in [6.07, 6.45) is 1.27. The van der Waals surface area contributed by atoms with Gasteiger partial charge in [0.15, 0.2) is 0 Å². The SMILES string of the molecule is O=C(N/N=C/c1c(O)ccc2ccccc12)C(=O)Nc1ccccc1C(=O)Nc1ccc(Br)cc1. The van der Waals surface area contributed by atoms with Gasteiger partial charge in [-0.1, -0.05) is 58.4 Å². The van der Waals surface area contributed by atoms with Gasteiger partial charge in [-0.15, -0.1) is 0 Å². The molecule has 0 aromatic heterocycles. The molecule has 0 heterocycles. The number of benzene rings is 4. The van der Waals surface area contributed by atoms with E-state index in [1.54, 1.807) is 48.5 Å². The molecule has 0 bridgehead atoms. The van der Waals surface area contributed by atoms with Crippen molar-refractivity contribution in [2.75, 3.05) is 10.6 Å². The average molecular weight is 531 g/mol. The second-order valence-corrected chi connectivity index (χ2v) is 8.30. The molecule has 4 rings (SSSR count). The summed E-state index contributed by atoms with van der Waals surface area (Å²) in [7, 11) is 0. The number of rotatable bonds is 5. The highest BCUT2D eigenvalue weighted by molar-refractivity contribution is 9.10. The smallest absolute Gasteiger partial charge is 0.329 e. The summed E-state index contributed by atoms with van der Waals surface area (Å²) in [5.41, 5.74) is 3.46. The van der Waals surface area contributed by atoms with Crippen LogP contribution in [-0.4, -0.2) is 29.0 Å². The number of phenolic OH excluding ortho intramolecular Hbond substituents is 1. The zero-order valence-electron chi connectivity index (χ0n) is 18.2. The average Bonchev–Trinajstić information content (AvgIpc) is 2.87. The van der Waals surface area contributed by atoms with Crippen LogP contribution >= 0.6 is 15.9 Å². The minimum absolute atomic E-state index is 0.0168. The van der Waals surface area contributed by atoms with E-state index >= 15 is 0 Å². The van der Waals surface area contributed by atoms with Crippen molar-refractivity contribution in [3.8, 4) is 5.75 Å². The molecule has 0 aliphatic heterocycles. The molecule has 4 aromatic carbocycles. The first-order valence-electron chi connectivity index (χ1n) is 10.4. The molecule has 4 aromatic rings. The van der Waals surface area contributed by atoms with Gasteiger partial charge in [-0.25, -0.2) is 5.43 Å². The highest BCUT2D eigenvalue weighted by Crippen LogP contribution is 2.25. The molecule has 0 saturated heterocycles. The summed E-state index contributed by atoms with van der Waals surface area (Å²) in [5, 5.41) is 20.8. The Morgan fingerprint density at radius 2 is 1.51 bits per heavy atom. The second-order valence-electron chi connectivity index (χ2n) is 7.38. The maximum atomic E-state index is 12.7. The van der Waals surface area contributed by atoms with Gasteiger partial charge in [-0.05, 0) is 53.2 Å². The molecule has 35 heavy (non-hydrogen) atoms. The molecule has 0 saturated carbocycles. The highest BCUT2D eigenvalue weighted by Gasteiger charge is 2.18. The first-order valence-corrected chi connectivity index (χ1v) is 11.2. The van der Waals surface area contributed by atoms with Crippen LogP contribution in [0.15, 0.2) is 94.5 Å². The van der Waals surface area contributed by atoms with E-state index in [1.165, 1.54) is 24.4 Å². The molecule has 0 aliphatic carbocycles. The topological polar surface area (TPSA) is 120 Å². The largest absolute Gasteiger partial charge is 0.507 e. The Labute approximate surface area is 208 Å². The molecule has 0 unspecified atom stereocenters. The number of amides is 3. The van der Waals surface area contributed by atoms with Crippen molar-refractivity contribution in [1.82, 2.24) is 5.43 Å². The number of carbonyl (C=O) groups excluding carboxylic acids is 3. The van der Waals surface area contributed by atoms with Crippen LogP contribution in [0.25, 0.3) is 10.8 Å². The van der Waals surface area contributed by atoms with Gasteiger partial charge in [-0.2, -0.15) is 5.10 Å². The van der Waals surface area contributed by atoms with E-state index in [1.807, 2.05) is 18.2 Å². The summed E-state index contributed by atoms with van der Waals surface area (Å²) in [4.78, 5) is 37.4. The fraction of sp³-hybridized carbons (Fsp3) is 0. The first-order chi connectivity index (χ1) is 16.9. The van der Waals surface area contributed by atoms with Crippen molar-refractivity contribution in [1.29, 1.82) is 0 Å². The number of carbonyl (C=O) groups is 3. The monoisotopic (exact) mass is 530 g/mol. The van der Waals surface area contributed by atoms with E-state index < -0.39 is 17.7 Å². The minimum Gasteiger partial charge on any atom is -0.507 e. The summed E-state index contributed by atoms with van der Waals surface area (Å²) >= 11 is 3.33. The number of hydrogen-bond donors (Lipinski definition) is 4. The zero-order valence-corrected chi connectivity index (χ0v) is 19.7. The molecular weight excluding hydrogens is 512 g/mol. The summed E-state index contributed by atoms with van der Waals surface area (Å²) in [6, 6.07) is 24.0. The van der Waals surface area contributed by atoms with Gasteiger partial charge in [0.1, 0.15) is 5.75 Å². The van der Waals surface area contributed by atoms with Gasteiger partial charge >= 0.3 is 11.8 Å². The van der Waals surface area contributed by atoms with E-state index in [2.05, 4.69) is 37.1 Å². The predicted octanol–water partition coefficient (Wildman–Crippen LogP) is 4.65. The highest BCUT2D eigenvalue weighted by atomic mass is 79.9. The number of aromatic hydroxyl groups is 1. The molecule has 0 spiro atoms. The lowest BCUT2D eigenvalue weighted by Crippen LogP contribution is -2.33. The summed E-state index contributed by atoms with van der Waals surface area (Å²) < 4.78 is 0.868. The summed E-state index contributed by atoms with van der Waals surface area (Å²) in [5.74, 6) is -2.51. The first kappa shape index (κ1) is 23.7. The van der Waals surface area contributed by atoms with Crippen molar-refractivity contribution in [2.24, 2.45) is 5.10 Å². The maximum absolute atomic E-state index is 12.7. The Hall–Kier alpha value is -4.50. The molecule has 0 atom stereocenters. The van der Waals surface area contributed by atoms with E-state index in [0.717, 1.165) is 15.2 Å². The van der Waals surface area contributed by atoms with Crippen LogP contribution < -0.4 is 16.1 Å². The van der Waals surface area contributed by atoms with Crippen LogP contribution in [-0.2, 0) is 9.59 Å². The zero-order chi connectivity index (χ0) is 24.8. The molecule has 0 fully saturated rings. The van der Waals surface area contributed by atoms with Crippen LogP contribution in [0, 0.1) is 0 Å². The number of halogens is 1. The maximum Gasteiger partial charge on any atom is 0.329 e. The molecular formula is C26H19BrN4O4. The Kier molecular flexibility index (Phi) is 7.18. The fourth-order valence-electron chi connectivity index (χ4n) is 3.33. The normalized spacial score (nSPS) is 10.8. The third-order valence-corrected chi connectivity index (χ3v) is 5.56. The lowest BCUT2D eigenvalue weighted by molar-refractivity contribution is -0.136. The lowest BCUT2D eigenvalue weighted by Gasteiger charge is -2.11. The second kappa shape index (κ2) is 10.6. The van der Waals surface area contributed by atoms with E-state index in [0.29, 0.717) is 11.3 Å². The van der Waals surface area contributed by atoms with Crippen LogP contribution in [0.2, 0.25) is 0 Å². The van der Waals surface area contributed by atoms with E-state index in [-0.39, 0.29) is 17.0 Å². The predicted molar refractivity (Wildman–Crippen MR) is 139 cm³/mol. The number of fused-ring (bicyclic) bond motifs is 1. The van der Waals surface area contributed by atoms with E-state index in [9.17, 15) is 19.5 Å². The van der Waals surface area contributed by atoms with Crippen LogP contribution in [0.5, 0.6) is 5.75 Å². The number of phenols is 1. The Balaban J connectivity index is 1.43. The third-order valence-electron chi connectivity index (χ3n) is 5.04. The third kappa shape index (κ3) is 5.71. The Bertz CT molecular complexity index is 1450. The molecule has 8 nitrogen and oxygen atoms in total. The van der Waals surface area contributed by atoms with Crippen molar-refractivity contribution in [3.63, 3.8) is 0 Å². The molecule has 174 valence electrons. The molecule has 3 amide bonds. The van der Waals surface area contributed by atoms with Crippen molar-refractivity contribution in [3.05, 3.63) is 101 Å². The Morgan fingerprint density at radius 3 is 2.31 bits per heavy atom. The van der Waals surface area contributed by atoms with Crippen LogP contribution in [0.1, 0.15) is 15.9 Å². The standard InChI is InChI=1S/C26H19BrN4O4/c27-17-10-12-18(13-11-17)29-24(33)20-7-3-4-8-22(20)30-25(34)26(35)31-28-15-21-19-6-2-1-5-16(19)9-14-23(21)32/h1-15,32H,(H,29,33)(H,30,34)(H,31,35)/b28-15+. The number of nitrogens with zero attached hydrogens (tertiary/aromatic N) is 1. The number of nitrogens with one attached hydrogen (secondary N) is 3. The van der Waals surface area contributed by atoms with Crippen molar-refractivity contribution in [2.45, 2.75) is 0 Å². The molecule has 9 heteroatoms. The van der Waals surface area contributed by atoms with Gasteiger partial charge < -0.3 is 15.7 Å². The quantitative estimate of drug-likeness (QED) is 0.170. The number of hydrazone groups is 1. The van der Waals surface area contributed by atoms with E-state index in [4.69, 9.17) is 0 Å². The summed E-state index contributed by atoms with van der Waals surface area (Å²) in [6.45, 7) is 0. The fourth-order valence-corrected chi connectivity index (χ4v) is 3.59. The lowest BCUT2D eigenvalue weighted by atomic mass is 10.0.